The number of anilines is 1. The molecule has 0 saturated heterocycles. The van der Waals surface area contributed by atoms with Crippen LogP contribution in [0.15, 0.2) is 48.5 Å². The average molecular weight is 470 g/mol. The summed E-state index contributed by atoms with van der Waals surface area (Å²) in [6.07, 6.45) is 0.263. The van der Waals surface area contributed by atoms with E-state index in [-0.39, 0.29) is 12.3 Å². The Morgan fingerprint density at radius 2 is 1.76 bits per heavy atom. The van der Waals surface area contributed by atoms with E-state index >= 15 is 0 Å². The molecule has 176 valence electrons. The standard InChI is InChI=1S/C24H31N5O3S/c1-4-28(5-2)16-17-32-21-12-8-19(9-13-21)25-22(30)14-15-29-23(26-27-24(29)33)18-6-10-20(31-3)11-7-18/h6-13H,4-5,14-17H2,1-3H3,(H,25,30)(H,27,33). The highest BCUT2D eigenvalue weighted by molar-refractivity contribution is 7.71. The fourth-order valence-electron chi connectivity index (χ4n) is 3.39. The zero-order valence-corrected chi connectivity index (χ0v) is 20.2. The quantitative estimate of drug-likeness (QED) is 0.383. The SMILES string of the molecule is CCN(CC)CCOc1ccc(NC(=O)CCn2c(-c3ccc(OC)cc3)n[nH]c2=S)cc1. The smallest absolute Gasteiger partial charge is 0.226 e. The van der Waals surface area contributed by atoms with E-state index in [1.54, 1.807) is 7.11 Å². The summed E-state index contributed by atoms with van der Waals surface area (Å²) in [5.74, 6) is 2.13. The number of aromatic nitrogens is 3. The second-order valence-electron chi connectivity index (χ2n) is 7.43. The Balaban J connectivity index is 1.52. The zero-order valence-electron chi connectivity index (χ0n) is 19.3. The Labute approximate surface area is 199 Å². The lowest BCUT2D eigenvalue weighted by Crippen LogP contribution is -2.27. The van der Waals surface area contributed by atoms with Gasteiger partial charge >= 0.3 is 0 Å². The van der Waals surface area contributed by atoms with Crippen molar-refractivity contribution >= 4 is 23.8 Å². The number of H-pyrrole nitrogens is 1. The molecule has 1 aromatic heterocycles. The Hall–Kier alpha value is -3.17. The highest BCUT2D eigenvalue weighted by atomic mass is 32.1. The molecule has 0 radical (unpaired) electrons. The van der Waals surface area contributed by atoms with Crippen LogP contribution >= 0.6 is 12.2 Å². The van der Waals surface area contributed by atoms with Crippen LogP contribution in [0, 0.1) is 4.77 Å². The van der Waals surface area contributed by atoms with Crippen molar-refractivity contribution < 1.29 is 14.3 Å². The van der Waals surface area contributed by atoms with E-state index < -0.39 is 0 Å². The van der Waals surface area contributed by atoms with Crippen molar-refractivity contribution in [2.45, 2.75) is 26.8 Å². The summed E-state index contributed by atoms with van der Waals surface area (Å²) >= 11 is 5.36. The topological polar surface area (TPSA) is 84.4 Å². The van der Waals surface area contributed by atoms with Gasteiger partial charge in [0.05, 0.1) is 7.11 Å². The molecule has 0 atom stereocenters. The van der Waals surface area contributed by atoms with Gasteiger partial charge in [-0.1, -0.05) is 13.8 Å². The number of hydrogen-bond donors (Lipinski definition) is 2. The number of ether oxygens (including phenoxy) is 2. The number of benzene rings is 2. The van der Waals surface area contributed by atoms with E-state index in [1.165, 1.54) is 0 Å². The number of methoxy groups -OCH3 is 1. The first-order chi connectivity index (χ1) is 16.0. The van der Waals surface area contributed by atoms with Crippen LogP contribution in [-0.2, 0) is 11.3 Å². The van der Waals surface area contributed by atoms with Gasteiger partial charge < -0.3 is 19.7 Å². The van der Waals surface area contributed by atoms with Crippen LogP contribution in [0.2, 0.25) is 0 Å². The minimum Gasteiger partial charge on any atom is -0.497 e. The number of aromatic amines is 1. The maximum Gasteiger partial charge on any atom is 0.226 e. The van der Waals surface area contributed by atoms with E-state index in [2.05, 4.69) is 34.3 Å². The summed E-state index contributed by atoms with van der Waals surface area (Å²) in [7, 11) is 1.62. The highest BCUT2D eigenvalue weighted by Crippen LogP contribution is 2.21. The number of carbonyl (C=O) groups is 1. The van der Waals surface area contributed by atoms with Crippen LogP contribution in [0.25, 0.3) is 11.4 Å². The minimum atomic E-state index is -0.103. The van der Waals surface area contributed by atoms with Gasteiger partial charge in [-0.25, -0.2) is 0 Å². The Morgan fingerprint density at radius 3 is 2.39 bits per heavy atom. The molecule has 3 aromatic rings. The third-order valence-corrected chi connectivity index (χ3v) is 5.69. The molecule has 0 fully saturated rings. The number of amides is 1. The minimum absolute atomic E-state index is 0.103. The van der Waals surface area contributed by atoms with Gasteiger partial charge in [-0.2, -0.15) is 5.10 Å². The number of nitrogens with zero attached hydrogens (tertiary/aromatic N) is 3. The molecule has 0 aliphatic rings. The van der Waals surface area contributed by atoms with E-state index in [0.29, 0.717) is 23.7 Å². The lowest BCUT2D eigenvalue weighted by atomic mass is 10.2. The second kappa shape index (κ2) is 12.2. The molecule has 0 unspecified atom stereocenters. The Bertz CT molecular complexity index is 1070. The summed E-state index contributed by atoms with van der Waals surface area (Å²) < 4.78 is 13.3. The van der Waals surface area contributed by atoms with Crippen molar-refractivity contribution in [2.75, 3.05) is 38.7 Å². The predicted molar refractivity (Wildman–Crippen MR) is 132 cm³/mol. The maximum atomic E-state index is 12.5. The van der Waals surface area contributed by atoms with Gasteiger partial charge in [0, 0.05) is 30.8 Å². The van der Waals surface area contributed by atoms with E-state index in [0.717, 1.165) is 42.4 Å². The summed E-state index contributed by atoms with van der Waals surface area (Å²) in [6, 6.07) is 15.0. The van der Waals surface area contributed by atoms with Crippen LogP contribution in [0.3, 0.4) is 0 Å². The lowest BCUT2D eigenvalue weighted by Gasteiger charge is -2.18. The molecule has 2 aromatic carbocycles. The number of hydrogen-bond acceptors (Lipinski definition) is 6. The van der Waals surface area contributed by atoms with Crippen molar-refractivity contribution in [3.05, 3.63) is 53.3 Å². The average Bonchev–Trinajstić information content (AvgIpc) is 3.21. The molecule has 0 aliphatic carbocycles. The normalized spacial score (nSPS) is 10.9. The molecule has 2 N–H and O–H groups in total. The molecular formula is C24H31N5O3S. The maximum absolute atomic E-state index is 12.5. The van der Waals surface area contributed by atoms with Crippen LogP contribution < -0.4 is 14.8 Å². The van der Waals surface area contributed by atoms with Crippen LogP contribution in [0.1, 0.15) is 20.3 Å². The molecule has 9 heteroatoms. The molecule has 0 saturated carbocycles. The molecule has 0 bridgehead atoms. The first-order valence-corrected chi connectivity index (χ1v) is 11.5. The van der Waals surface area contributed by atoms with E-state index in [4.69, 9.17) is 21.7 Å². The monoisotopic (exact) mass is 469 g/mol. The molecule has 1 amide bonds. The van der Waals surface area contributed by atoms with Gasteiger partial charge in [0.25, 0.3) is 0 Å². The zero-order chi connectivity index (χ0) is 23.6. The molecule has 3 rings (SSSR count). The second-order valence-corrected chi connectivity index (χ2v) is 7.82. The summed E-state index contributed by atoms with van der Waals surface area (Å²) in [5.41, 5.74) is 1.61. The van der Waals surface area contributed by atoms with Crippen molar-refractivity contribution in [3.8, 4) is 22.9 Å². The number of nitrogens with one attached hydrogen (secondary N) is 2. The number of rotatable bonds is 12. The number of carbonyl (C=O) groups excluding carboxylic acids is 1. The summed E-state index contributed by atoms with van der Waals surface area (Å²) in [4.78, 5) is 14.8. The van der Waals surface area contributed by atoms with Crippen molar-refractivity contribution in [3.63, 3.8) is 0 Å². The fourth-order valence-corrected chi connectivity index (χ4v) is 3.61. The molecule has 0 aliphatic heterocycles. The first kappa shape index (κ1) is 24.5. The number of likely N-dealkylation sites (N-methyl/N-ethyl adjacent to an activating group) is 1. The first-order valence-electron chi connectivity index (χ1n) is 11.1. The fraction of sp³-hybridized carbons (Fsp3) is 0.375. The van der Waals surface area contributed by atoms with Gasteiger partial charge in [-0.05, 0) is 73.8 Å². The molecule has 0 spiro atoms. The van der Waals surface area contributed by atoms with Gasteiger partial charge in [-0.3, -0.25) is 14.5 Å². The van der Waals surface area contributed by atoms with Crippen LogP contribution in [0.5, 0.6) is 11.5 Å². The third-order valence-electron chi connectivity index (χ3n) is 5.38. The van der Waals surface area contributed by atoms with Crippen LogP contribution in [0.4, 0.5) is 5.69 Å². The molecular weight excluding hydrogens is 438 g/mol. The van der Waals surface area contributed by atoms with Gasteiger partial charge in [0.1, 0.15) is 18.1 Å². The lowest BCUT2D eigenvalue weighted by molar-refractivity contribution is -0.116. The molecule has 33 heavy (non-hydrogen) atoms. The highest BCUT2D eigenvalue weighted by Gasteiger charge is 2.11. The molecule has 8 nitrogen and oxygen atoms in total. The van der Waals surface area contributed by atoms with Gasteiger partial charge in [0.15, 0.2) is 10.6 Å². The Kier molecular flexibility index (Phi) is 9.03. The Morgan fingerprint density at radius 1 is 1.09 bits per heavy atom. The van der Waals surface area contributed by atoms with Gasteiger partial charge in [-0.15, -0.1) is 0 Å². The van der Waals surface area contributed by atoms with E-state index in [1.807, 2.05) is 53.1 Å². The van der Waals surface area contributed by atoms with Crippen molar-refractivity contribution in [1.82, 2.24) is 19.7 Å². The van der Waals surface area contributed by atoms with Crippen molar-refractivity contribution in [1.29, 1.82) is 0 Å². The van der Waals surface area contributed by atoms with E-state index in [9.17, 15) is 4.79 Å². The largest absolute Gasteiger partial charge is 0.497 e. The molecule has 1 heterocycles. The van der Waals surface area contributed by atoms with Crippen molar-refractivity contribution in [2.24, 2.45) is 0 Å². The third kappa shape index (κ3) is 6.90. The summed E-state index contributed by atoms with van der Waals surface area (Å²) in [5, 5.41) is 10.0. The summed E-state index contributed by atoms with van der Waals surface area (Å²) in [6.45, 7) is 8.24. The van der Waals surface area contributed by atoms with Crippen LogP contribution in [-0.4, -0.2) is 58.9 Å². The predicted octanol–water partition coefficient (Wildman–Crippen LogP) is 4.37. The van der Waals surface area contributed by atoms with Gasteiger partial charge in [0.2, 0.25) is 5.91 Å².